The van der Waals surface area contributed by atoms with Crippen molar-refractivity contribution in [3.63, 3.8) is 0 Å². The lowest BCUT2D eigenvalue weighted by Gasteiger charge is -2.14. The van der Waals surface area contributed by atoms with Crippen molar-refractivity contribution in [1.29, 1.82) is 0 Å². The predicted octanol–water partition coefficient (Wildman–Crippen LogP) is 1.68. The van der Waals surface area contributed by atoms with Crippen LogP contribution in [0.15, 0.2) is 12.1 Å². The second-order valence-corrected chi connectivity index (χ2v) is 4.85. The number of hydrogen-bond donors (Lipinski definition) is 3. The summed E-state index contributed by atoms with van der Waals surface area (Å²) >= 11 is 0. The Balaban J connectivity index is 2.66. The third-order valence-electron chi connectivity index (χ3n) is 2.58. The highest BCUT2D eigenvalue weighted by molar-refractivity contribution is 5.99. The fourth-order valence-corrected chi connectivity index (χ4v) is 1.69. The molecule has 0 saturated heterocycles. The molecule has 0 aliphatic carbocycles. The lowest BCUT2D eigenvalue weighted by molar-refractivity contribution is 0.0900. The molecule has 1 aromatic carbocycles. The summed E-state index contributed by atoms with van der Waals surface area (Å²) in [5, 5.41) is 12.0. The van der Waals surface area contributed by atoms with Crippen LogP contribution in [0.5, 0.6) is 0 Å². The number of carbonyl (C=O) groups excluding carboxylic acids is 1. The zero-order valence-electron chi connectivity index (χ0n) is 10.9. The summed E-state index contributed by atoms with van der Waals surface area (Å²) in [7, 11) is 0. The largest absolute Gasteiger partial charge is 0.398 e. The molecule has 1 amide bonds. The van der Waals surface area contributed by atoms with E-state index in [1.165, 1.54) is 0 Å². The van der Waals surface area contributed by atoms with Crippen LogP contribution < -0.4 is 11.1 Å². The van der Waals surface area contributed by atoms with E-state index in [1.54, 1.807) is 0 Å². The zero-order valence-corrected chi connectivity index (χ0v) is 10.9. The molecular weight excluding hydrogens is 254 g/mol. The fourth-order valence-electron chi connectivity index (χ4n) is 1.69. The maximum Gasteiger partial charge on any atom is 0.253 e. The lowest BCUT2D eigenvalue weighted by Crippen LogP contribution is -2.33. The van der Waals surface area contributed by atoms with Crippen molar-refractivity contribution in [3.05, 3.63) is 29.3 Å². The van der Waals surface area contributed by atoms with Crippen LogP contribution in [0.2, 0.25) is 0 Å². The van der Waals surface area contributed by atoms with Gasteiger partial charge in [-0.25, -0.2) is 8.78 Å². The summed E-state index contributed by atoms with van der Waals surface area (Å²) in [6.07, 6.45) is -0.149. The van der Waals surface area contributed by atoms with Crippen molar-refractivity contribution >= 4 is 11.6 Å². The molecule has 0 spiro atoms. The monoisotopic (exact) mass is 272 g/mol. The molecule has 4 N–H and O–H groups in total. The van der Waals surface area contributed by atoms with E-state index in [0.717, 1.165) is 12.1 Å². The predicted molar refractivity (Wildman–Crippen MR) is 68.6 cm³/mol. The SMILES string of the molecule is CC(C)CC(O)CNC(=O)c1cc(F)c(F)cc1N. The van der Waals surface area contributed by atoms with Gasteiger partial charge in [-0.05, 0) is 18.4 Å². The molecule has 4 nitrogen and oxygen atoms in total. The minimum atomic E-state index is -1.14. The van der Waals surface area contributed by atoms with Gasteiger partial charge in [0.05, 0.1) is 11.7 Å². The number of benzene rings is 1. The molecule has 6 heteroatoms. The summed E-state index contributed by atoms with van der Waals surface area (Å²) in [6.45, 7) is 3.92. The van der Waals surface area contributed by atoms with Crippen molar-refractivity contribution in [2.24, 2.45) is 5.92 Å². The van der Waals surface area contributed by atoms with E-state index in [9.17, 15) is 18.7 Å². The van der Waals surface area contributed by atoms with Crippen LogP contribution in [0.1, 0.15) is 30.6 Å². The second-order valence-electron chi connectivity index (χ2n) is 4.85. The molecule has 0 fully saturated rings. The average Bonchev–Trinajstić information content (AvgIpc) is 2.30. The van der Waals surface area contributed by atoms with Gasteiger partial charge in [-0.1, -0.05) is 13.8 Å². The number of anilines is 1. The highest BCUT2D eigenvalue weighted by atomic mass is 19.2. The molecule has 0 heterocycles. The van der Waals surface area contributed by atoms with Crippen LogP contribution in [0.3, 0.4) is 0 Å². The van der Waals surface area contributed by atoms with E-state index < -0.39 is 23.6 Å². The number of nitrogens with one attached hydrogen (secondary N) is 1. The highest BCUT2D eigenvalue weighted by Crippen LogP contribution is 2.16. The van der Waals surface area contributed by atoms with E-state index in [1.807, 2.05) is 13.8 Å². The van der Waals surface area contributed by atoms with Crippen LogP contribution in [-0.2, 0) is 0 Å². The number of hydrogen-bond acceptors (Lipinski definition) is 3. The molecule has 0 aromatic heterocycles. The molecule has 0 bridgehead atoms. The molecule has 106 valence electrons. The molecule has 1 atom stereocenters. The normalized spacial score (nSPS) is 12.5. The summed E-state index contributed by atoms with van der Waals surface area (Å²) in [5.41, 5.74) is 5.16. The van der Waals surface area contributed by atoms with Crippen molar-refractivity contribution in [2.75, 3.05) is 12.3 Å². The van der Waals surface area contributed by atoms with Crippen molar-refractivity contribution < 1.29 is 18.7 Å². The Labute approximate surface area is 110 Å². The molecule has 1 aromatic rings. The van der Waals surface area contributed by atoms with Crippen molar-refractivity contribution in [3.8, 4) is 0 Å². The van der Waals surface area contributed by atoms with Crippen LogP contribution in [-0.4, -0.2) is 23.7 Å². The summed E-state index contributed by atoms with van der Waals surface area (Å²) in [6, 6.07) is 1.50. The van der Waals surface area contributed by atoms with Crippen LogP contribution in [0.25, 0.3) is 0 Å². The van der Waals surface area contributed by atoms with Gasteiger partial charge in [0.15, 0.2) is 11.6 Å². The number of nitrogens with two attached hydrogens (primary N) is 1. The van der Waals surface area contributed by atoms with Gasteiger partial charge >= 0.3 is 0 Å². The smallest absolute Gasteiger partial charge is 0.253 e. The maximum absolute atomic E-state index is 13.0. The Morgan fingerprint density at radius 1 is 1.37 bits per heavy atom. The topological polar surface area (TPSA) is 75.3 Å². The quantitative estimate of drug-likeness (QED) is 0.714. The zero-order chi connectivity index (χ0) is 14.6. The van der Waals surface area contributed by atoms with E-state index in [4.69, 9.17) is 5.73 Å². The van der Waals surface area contributed by atoms with Gasteiger partial charge in [0.1, 0.15) is 0 Å². The van der Waals surface area contributed by atoms with Crippen molar-refractivity contribution in [1.82, 2.24) is 5.32 Å². The van der Waals surface area contributed by atoms with E-state index in [-0.39, 0.29) is 17.8 Å². The molecule has 0 aliphatic heterocycles. The maximum atomic E-state index is 13.0. The first-order chi connectivity index (χ1) is 8.81. The summed E-state index contributed by atoms with van der Waals surface area (Å²) in [4.78, 5) is 11.7. The average molecular weight is 272 g/mol. The number of aliphatic hydroxyl groups is 1. The Hall–Kier alpha value is -1.69. The van der Waals surface area contributed by atoms with Gasteiger partial charge in [-0.3, -0.25) is 4.79 Å². The number of amides is 1. The van der Waals surface area contributed by atoms with Crippen LogP contribution in [0.4, 0.5) is 14.5 Å². The van der Waals surface area contributed by atoms with E-state index in [0.29, 0.717) is 12.3 Å². The van der Waals surface area contributed by atoms with Gasteiger partial charge in [-0.15, -0.1) is 0 Å². The van der Waals surface area contributed by atoms with Crippen molar-refractivity contribution in [2.45, 2.75) is 26.4 Å². The first-order valence-electron chi connectivity index (χ1n) is 6.02. The standard InChI is InChI=1S/C13H18F2N2O2/c1-7(2)3-8(18)6-17-13(19)9-4-10(14)11(15)5-12(9)16/h4-5,7-8,18H,3,6,16H2,1-2H3,(H,17,19). The summed E-state index contributed by atoms with van der Waals surface area (Å²) < 4.78 is 25.9. The molecule has 19 heavy (non-hydrogen) atoms. The molecule has 0 saturated carbocycles. The van der Waals surface area contributed by atoms with E-state index in [2.05, 4.69) is 5.32 Å². The van der Waals surface area contributed by atoms with E-state index >= 15 is 0 Å². The molecule has 1 rings (SSSR count). The molecule has 0 aliphatic rings. The fraction of sp³-hybridized carbons (Fsp3) is 0.462. The number of nitrogen functional groups attached to an aromatic ring is 1. The Bertz CT molecular complexity index is 464. The van der Waals surface area contributed by atoms with Gasteiger partial charge in [-0.2, -0.15) is 0 Å². The number of aliphatic hydroxyl groups excluding tert-OH is 1. The van der Waals surface area contributed by atoms with Gasteiger partial charge < -0.3 is 16.2 Å². The lowest BCUT2D eigenvalue weighted by atomic mass is 10.1. The van der Waals surface area contributed by atoms with Gasteiger partial charge in [0, 0.05) is 18.3 Å². The van der Waals surface area contributed by atoms with Crippen LogP contribution in [0, 0.1) is 17.6 Å². The molecule has 0 radical (unpaired) electrons. The van der Waals surface area contributed by atoms with Gasteiger partial charge in [0.2, 0.25) is 0 Å². The Kier molecular flexibility index (Phi) is 5.23. The van der Waals surface area contributed by atoms with Gasteiger partial charge in [0.25, 0.3) is 5.91 Å². The third-order valence-corrected chi connectivity index (χ3v) is 2.58. The first-order valence-corrected chi connectivity index (χ1v) is 6.02. The van der Waals surface area contributed by atoms with Crippen LogP contribution >= 0.6 is 0 Å². The summed E-state index contributed by atoms with van der Waals surface area (Å²) in [5.74, 6) is -2.59. The minimum absolute atomic E-state index is 0.0372. The molecule has 1 unspecified atom stereocenters. The third kappa shape index (κ3) is 4.48. The Morgan fingerprint density at radius 2 is 1.95 bits per heavy atom. The minimum Gasteiger partial charge on any atom is -0.398 e. The first kappa shape index (κ1) is 15.4. The molecular formula is C13H18F2N2O2. The highest BCUT2D eigenvalue weighted by Gasteiger charge is 2.15. The number of halogens is 2. The second kappa shape index (κ2) is 6.47. The number of carbonyl (C=O) groups is 1. The Morgan fingerprint density at radius 3 is 2.53 bits per heavy atom. The number of rotatable bonds is 5.